The van der Waals surface area contributed by atoms with Crippen LogP contribution in [0.1, 0.15) is 11.3 Å². The van der Waals surface area contributed by atoms with Crippen LogP contribution in [0.3, 0.4) is 0 Å². The first-order chi connectivity index (χ1) is 9.20. The maximum atomic E-state index is 10.9. The fourth-order valence-corrected chi connectivity index (χ4v) is 1.66. The molecule has 1 heterocycles. The summed E-state index contributed by atoms with van der Waals surface area (Å²) in [5.41, 5.74) is 1.63. The molecule has 0 radical (unpaired) electrons. The summed E-state index contributed by atoms with van der Waals surface area (Å²) in [6.07, 6.45) is 3.93. The van der Waals surface area contributed by atoms with Gasteiger partial charge in [0.25, 0.3) is 5.69 Å². The Hall–Kier alpha value is -2.88. The van der Waals surface area contributed by atoms with Crippen LogP contribution in [-0.2, 0) is 6.42 Å². The summed E-state index contributed by atoms with van der Waals surface area (Å²) in [5, 5.41) is 22.7. The number of aromatic nitrogens is 2. The molecule has 1 aromatic carbocycles. The number of rotatable bonds is 5. The van der Waals surface area contributed by atoms with Crippen molar-refractivity contribution < 1.29 is 4.92 Å². The number of anilines is 1. The molecule has 19 heavy (non-hydrogen) atoms. The average molecular weight is 257 g/mol. The number of H-pyrrole nitrogens is 1. The summed E-state index contributed by atoms with van der Waals surface area (Å²) < 4.78 is 0. The first kappa shape index (κ1) is 12.6. The molecule has 0 aliphatic carbocycles. The van der Waals surface area contributed by atoms with Gasteiger partial charge >= 0.3 is 0 Å². The number of nitro groups is 1. The van der Waals surface area contributed by atoms with Gasteiger partial charge in [0.05, 0.1) is 22.9 Å². The highest BCUT2D eigenvalue weighted by molar-refractivity contribution is 5.64. The predicted octanol–water partition coefficient (Wildman–Crippen LogP) is 1.84. The molecule has 0 bridgehead atoms. The van der Waals surface area contributed by atoms with E-state index in [9.17, 15) is 10.1 Å². The number of nitriles is 1. The van der Waals surface area contributed by atoms with E-state index in [1.807, 2.05) is 6.07 Å². The number of hydrogen-bond donors (Lipinski definition) is 2. The van der Waals surface area contributed by atoms with Gasteiger partial charge in [-0.3, -0.25) is 10.1 Å². The van der Waals surface area contributed by atoms with E-state index in [-0.39, 0.29) is 5.69 Å². The molecule has 0 unspecified atom stereocenters. The Balaban J connectivity index is 2.09. The van der Waals surface area contributed by atoms with Gasteiger partial charge in [-0.05, 0) is 12.1 Å². The molecule has 0 saturated carbocycles. The van der Waals surface area contributed by atoms with Crippen molar-refractivity contribution in [2.75, 3.05) is 11.9 Å². The smallest absolute Gasteiger partial charge is 0.292 e. The summed E-state index contributed by atoms with van der Waals surface area (Å²) in [4.78, 5) is 17.2. The van der Waals surface area contributed by atoms with Gasteiger partial charge in [0, 0.05) is 30.9 Å². The summed E-state index contributed by atoms with van der Waals surface area (Å²) in [6.45, 7) is 0.512. The number of nitrogens with one attached hydrogen (secondary N) is 2. The van der Waals surface area contributed by atoms with Gasteiger partial charge in [-0.1, -0.05) is 0 Å². The van der Waals surface area contributed by atoms with Gasteiger partial charge in [-0.25, -0.2) is 4.98 Å². The maximum absolute atomic E-state index is 10.9. The zero-order chi connectivity index (χ0) is 13.7. The SMILES string of the molecule is N#Cc1ccc([N+](=O)[O-])c(NCCc2cnc[nH]2)c1. The molecule has 2 N–H and O–H groups in total. The molecular formula is C12H11N5O2. The molecule has 2 rings (SSSR count). The van der Waals surface area contributed by atoms with Gasteiger partial charge in [-0.15, -0.1) is 0 Å². The lowest BCUT2D eigenvalue weighted by Gasteiger charge is -2.06. The second-order valence-corrected chi connectivity index (χ2v) is 3.85. The molecule has 0 aliphatic rings. The topological polar surface area (TPSA) is 108 Å². The third-order valence-corrected chi connectivity index (χ3v) is 2.59. The van der Waals surface area contributed by atoms with Crippen molar-refractivity contribution in [3.05, 3.63) is 52.1 Å². The van der Waals surface area contributed by atoms with E-state index in [1.165, 1.54) is 18.2 Å². The highest BCUT2D eigenvalue weighted by Crippen LogP contribution is 2.25. The molecule has 0 aliphatic heterocycles. The zero-order valence-electron chi connectivity index (χ0n) is 9.96. The van der Waals surface area contributed by atoms with Crippen molar-refractivity contribution in [2.45, 2.75) is 6.42 Å². The van der Waals surface area contributed by atoms with Crippen LogP contribution in [-0.4, -0.2) is 21.4 Å². The first-order valence-corrected chi connectivity index (χ1v) is 5.60. The summed E-state index contributed by atoms with van der Waals surface area (Å²) in [6, 6.07) is 6.20. The fraction of sp³-hybridized carbons (Fsp3) is 0.167. The lowest BCUT2D eigenvalue weighted by molar-refractivity contribution is -0.384. The monoisotopic (exact) mass is 257 g/mol. The van der Waals surface area contributed by atoms with Crippen LogP contribution in [0.2, 0.25) is 0 Å². The average Bonchev–Trinajstić information content (AvgIpc) is 2.91. The van der Waals surface area contributed by atoms with Crippen molar-refractivity contribution in [3.63, 3.8) is 0 Å². The van der Waals surface area contributed by atoms with Crippen molar-refractivity contribution in [1.29, 1.82) is 5.26 Å². The number of imidazole rings is 1. The minimum atomic E-state index is -0.473. The van der Waals surface area contributed by atoms with E-state index < -0.39 is 4.92 Å². The van der Waals surface area contributed by atoms with Gasteiger partial charge in [0.2, 0.25) is 0 Å². The van der Waals surface area contributed by atoms with Crippen LogP contribution in [0.15, 0.2) is 30.7 Å². The van der Waals surface area contributed by atoms with E-state index in [4.69, 9.17) is 5.26 Å². The number of hydrogen-bond acceptors (Lipinski definition) is 5. The van der Waals surface area contributed by atoms with Gasteiger partial charge in [0.15, 0.2) is 0 Å². The highest BCUT2D eigenvalue weighted by Gasteiger charge is 2.13. The Kier molecular flexibility index (Phi) is 3.73. The molecular weight excluding hydrogens is 246 g/mol. The Morgan fingerprint density at radius 2 is 2.37 bits per heavy atom. The number of aromatic amines is 1. The standard InChI is InChI=1S/C12H11N5O2/c13-6-9-1-2-12(17(18)19)11(5-9)15-4-3-10-7-14-8-16-10/h1-2,5,7-8,15H,3-4H2,(H,14,16). The molecule has 0 amide bonds. The van der Waals surface area contributed by atoms with Gasteiger partial charge in [0.1, 0.15) is 5.69 Å². The predicted molar refractivity (Wildman–Crippen MR) is 68.6 cm³/mol. The van der Waals surface area contributed by atoms with Crippen LogP contribution < -0.4 is 5.32 Å². The normalized spacial score (nSPS) is 9.84. The minimum absolute atomic E-state index is 0.0383. The molecule has 0 fully saturated rings. The van der Waals surface area contributed by atoms with E-state index in [0.717, 1.165) is 5.69 Å². The van der Waals surface area contributed by atoms with Crippen LogP contribution in [0.4, 0.5) is 11.4 Å². The van der Waals surface area contributed by atoms with Crippen molar-refractivity contribution >= 4 is 11.4 Å². The molecule has 0 atom stereocenters. The second-order valence-electron chi connectivity index (χ2n) is 3.85. The van der Waals surface area contributed by atoms with Crippen molar-refractivity contribution in [2.24, 2.45) is 0 Å². The molecule has 0 saturated heterocycles. The third-order valence-electron chi connectivity index (χ3n) is 2.59. The van der Waals surface area contributed by atoms with E-state index >= 15 is 0 Å². The summed E-state index contributed by atoms with van der Waals surface area (Å²) in [5.74, 6) is 0. The Bertz CT molecular complexity index is 616. The summed E-state index contributed by atoms with van der Waals surface area (Å²) in [7, 11) is 0. The van der Waals surface area contributed by atoms with Crippen molar-refractivity contribution in [3.8, 4) is 6.07 Å². The fourth-order valence-electron chi connectivity index (χ4n) is 1.66. The second kappa shape index (κ2) is 5.64. The zero-order valence-corrected chi connectivity index (χ0v) is 9.96. The lowest BCUT2D eigenvalue weighted by Crippen LogP contribution is -2.07. The van der Waals surface area contributed by atoms with E-state index in [1.54, 1.807) is 12.5 Å². The largest absolute Gasteiger partial charge is 0.379 e. The molecule has 96 valence electrons. The quantitative estimate of drug-likeness (QED) is 0.627. The van der Waals surface area contributed by atoms with Crippen LogP contribution in [0.5, 0.6) is 0 Å². The van der Waals surface area contributed by atoms with E-state index in [0.29, 0.717) is 24.2 Å². The van der Waals surface area contributed by atoms with Crippen LogP contribution in [0.25, 0.3) is 0 Å². The Morgan fingerprint density at radius 3 is 3.00 bits per heavy atom. The highest BCUT2D eigenvalue weighted by atomic mass is 16.6. The minimum Gasteiger partial charge on any atom is -0.379 e. The van der Waals surface area contributed by atoms with Crippen LogP contribution >= 0.6 is 0 Å². The van der Waals surface area contributed by atoms with Crippen LogP contribution in [0, 0.1) is 21.4 Å². The molecule has 2 aromatic rings. The third kappa shape index (κ3) is 3.07. The number of nitro benzene ring substituents is 1. The summed E-state index contributed by atoms with van der Waals surface area (Å²) >= 11 is 0. The van der Waals surface area contributed by atoms with E-state index in [2.05, 4.69) is 15.3 Å². The Morgan fingerprint density at radius 1 is 1.53 bits per heavy atom. The first-order valence-electron chi connectivity index (χ1n) is 5.60. The molecule has 7 nitrogen and oxygen atoms in total. The lowest BCUT2D eigenvalue weighted by atomic mass is 10.2. The molecule has 0 spiro atoms. The van der Waals surface area contributed by atoms with Crippen molar-refractivity contribution in [1.82, 2.24) is 9.97 Å². The van der Waals surface area contributed by atoms with Gasteiger partial charge in [-0.2, -0.15) is 5.26 Å². The number of nitrogens with zero attached hydrogens (tertiary/aromatic N) is 3. The maximum Gasteiger partial charge on any atom is 0.292 e. The van der Waals surface area contributed by atoms with Gasteiger partial charge < -0.3 is 10.3 Å². The number of benzene rings is 1. The Labute approximate surface area is 109 Å². The molecule has 7 heteroatoms. The molecule has 1 aromatic heterocycles.